The van der Waals surface area contributed by atoms with Gasteiger partial charge >= 0.3 is 6.18 Å². The Morgan fingerprint density at radius 1 is 1.33 bits per heavy atom. The minimum Gasteiger partial charge on any atom is -0.384 e. The SMILES string of the molecule is CCCOCCC(O)C(F)(F)F. The topological polar surface area (TPSA) is 29.5 Å². The summed E-state index contributed by atoms with van der Waals surface area (Å²) >= 11 is 0. The number of hydrogen-bond donors (Lipinski definition) is 1. The van der Waals surface area contributed by atoms with Crippen LogP contribution in [0.4, 0.5) is 13.2 Å². The Morgan fingerprint density at radius 3 is 2.33 bits per heavy atom. The number of aliphatic hydroxyl groups excluding tert-OH is 1. The van der Waals surface area contributed by atoms with Crippen LogP contribution in [0.15, 0.2) is 0 Å². The summed E-state index contributed by atoms with van der Waals surface area (Å²) in [6, 6.07) is 0. The first kappa shape index (κ1) is 11.7. The minimum absolute atomic E-state index is 0.0471. The summed E-state index contributed by atoms with van der Waals surface area (Å²) in [4.78, 5) is 0. The van der Waals surface area contributed by atoms with Crippen LogP contribution in [-0.4, -0.2) is 30.6 Å². The molecule has 0 rings (SSSR count). The minimum atomic E-state index is -4.52. The van der Waals surface area contributed by atoms with Gasteiger partial charge in [0.05, 0.1) is 0 Å². The molecule has 1 atom stereocenters. The van der Waals surface area contributed by atoms with E-state index in [1.807, 2.05) is 6.92 Å². The third kappa shape index (κ3) is 5.37. The van der Waals surface area contributed by atoms with E-state index < -0.39 is 12.3 Å². The van der Waals surface area contributed by atoms with Crippen molar-refractivity contribution in [3.05, 3.63) is 0 Å². The second-order valence-electron chi connectivity index (χ2n) is 2.46. The molecule has 0 bridgehead atoms. The van der Waals surface area contributed by atoms with Crippen LogP contribution in [0.3, 0.4) is 0 Å². The van der Waals surface area contributed by atoms with Gasteiger partial charge in [-0.15, -0.1) is 0 Å². The maximum absolute atomic E-state index is 11.7. The van der Waals surface area contributed by atoms with Gasteiger partial charge in [0.25, 0.3) is 0 Å². The molecule has 0 aromatic heterocycles. The quantitative estimate of drug-likeness (QED) is 0.662. The third-order valence-corrected chi connectivity index (χ3v) is 1.26. The first-order chi connectivity index (χ1) is 5.48. The maximum atomic E-state index is 11.7. The molecule has 0 aromatic rings. The second kappa shape index (κ2) is 5.37. The third-order valence-electron chi connectivity index (χ3n) is 1.26. The zero-order valence-corrected chi connectivity index (χ0v) is 6.90. The van der Waals surface area contributed by atoms with E-state index in [2.05, 4.69) is 0 Å². The fourth-order valence-electron chi connectivity index (χ4n) is 0.605. The van der Waals surface area contributed by atoms with Gasteiger partial charge in [0.1, 0.15) is 0 Å². The molecule has 5 heteroatoms. The zero-order valence-electron chi connectivity index (χ0n) is 6.90. The van der Waals surface area contributed by atoms with Crippen molar-refractivity contribution in [1.82, 2.24) is 0 Å². The fraction of sp³-hybridized carbons (Fsp3) is 1.00. The van der Waals surface area contributed by atoms with Gasteiger partial charge in [-0.1, -0.05) is 6.92 Å². The Balaban J connectivity index is 3.38. The first-order valence-electron chi connectivity index (χ1n) is 3.81. The Labute approximate surface area is 69.3 Å². The van der Waals surface area contributed by atoms with E-state index in [0.29, 0.717) is 6.61 Å². The highest BCUT2D eigenvalue weighted by Crippen LogP contribution is 2.21. The summed E-state index contributed by atoms with van der Waals surface area (Å²) in [7, 11) is 0. The van der Waals surface area contributed by atoms with E-state index in [4.69, 9.17) is 9.84 Å². The van der Waals surface area contributed by atoms with Crippen molar-refractivity contribution in [2.75, 3.05) is 13.2 Å². The summed E-state index contributed by atoms with van der Waals surface area (Å²) in [6.45, 7) is 2.25. The van der Waals surface area contributed by atoms with E-state index in [1.54, 1.807) is 0 Å². The molecule has 0 saturated carbocycles. The zero-order chi connectivity index (χ0) is 9.61. The lowest BCUT2D eigenvalue weighted by molar-refractivity contribution is -0.208. The van der Waals surface area contributed by atoms with E-state index in [9.17, 15) is 13.2 Å². The predicted molar refractivity (Wildman–Crippen MR) is 37.8 cm³/mol. The molecular weight excluding hydrogens is 173 g/mol. The van der Waals surface area contributed by atoms with E-state index in [-0.39, 0.29) is 13.0 Å². The highest BCUT2D eigenvalue weighted by Gasteiger charge is 2.37. The monoisotopic (exact) mass is 186 g/mol. The van der Waals surface area contributed by atoms with Gasteiger partial charge in [-0.05, 0) is 6.42 Å². The average Bonchev–Trinajstić information content (AvgIpc) is 1.96. The summed E-state index contributed by atoms with van der Waals surface area (Å²) in [5, 5.41) is 8.48. The number of ether oxygens (including phenoxy) is 1. The van der Waals surface area contributed by atoms with Crippen molar-refractivity contribution in [2.45, 2.75) is 32.0 Å². The molecule has 2 nitrogen and oxygen atoms in total. The molecule has 0 heterocycles. The van der Waals surface area contributed by atoms with Crippen molar-refractivity contribution >= 4 is 0 Å². The Bertz CT molecular complexity index is 114. The lowest BCUT2D eigenvalue weighted by atomic mass is 10.2. The highest BCUT2D eigenvalue weighted by atomic mass is 19.4. The van der Waals surface area contributed by atoms with Crippen molar-refractivity contribution in [3.63, 3.8) is 0 Å². The molecule has 0 radical (unpaired) electrons. The standard InChI is InChI=1S/C7H13F3O2/c1-2-4-12-5-3-6(11)7(8,9)10/h6,11H,2-5H2,1H3. The Morgan fingerprint density at radius 2 is 1.92 bits per heavy atom. The van der Waals surface area contributed by atoms with Crippen LogP contribution in [0.25, 0.3) is 0 Å². The number of aliphatic hydroxyl groups is 1. The van der Waals surface area contributed by atoms with Gasteiger partial charge in [0, 0.05) is 19.6 Å². The van der Waals surface area contributed by atoms with E-state index >= 15 is 0 Å². The van der Waals surface area contributed by atoms with Crippen LogP contribution in [0.1, 0.15) is 19.8 Å². The van der Waals surface area contributed by atoms with Gasteiger partial charge in [-0.25, -0.2) is 0 Å². The largest absolute Gasteiger partial charge is 0.414 e. The molecule has 1 unspecified atom stereocenters. The molecule has 12 heavy (non-hydrogen) atoms. The van der Waals surface area contributed by atoms with Crippen molar-refractivity contribution in [3.8, 4) is 0 Å². The van der Waals surface area contributed by atoms with Crippen LogP contribution in [0.2, 0.25) is 0 Å². The molecule has 0 fully saturated rings. The van der Waals surface area contributed by atoms with Crippen LogP contribution in [-0.2, 0) is 4.74 Å². The molecule has 0 aromatic carbocycles. The lowest BCUT2D eigenvalue weighted by Gasteiger charge is -2.13. The summed E-state index contributed by atoms with van der Waals surface area (Å²) in [6.07, 6.45) is -6.39. The summed E-state index contributed by atoms with van der Waals surface area (Å²) in [5.74, 6) is 0. The van der Waals surface area contributed by atoms with Crippen molar-refractivity contribution in [1.29, 1.82) is 0 Å². The lowest BCUT2D eigenvalue weighted by Crippen LogP contribution is -2.29. The van der Waals surface area contributed by atoms with E-state index in [0.717, 1.165) is 6.42 Å². The number of rotatable bonds is 5. The van der Waals surface area contributed by atoms with Crippen molar-refractivity contribution < 1.29 is 23.0 Å². The Kier molecular flexibility index (Phi) is 5.24. The molecule has 0 saturated heterocycles. The molecule has 0 aliphatic rings. The van der Waals surface area contributed by atoms with Gasteiger partial charge < -0.3 is 9.84 Å². The maximum Gasteiger partial charge on any atom is 0.414 e. The summed E-state index contributed by atoms with van der Waals surface area (Å²) < 4.78 is 39.7. The van der Waals surface area contributed by atoms with Gasteiger partial charge in [-0.3, -0.25) is 0 Å². The number of alkyl halides is 3. The van der Waals surface area contributed by atoms with Gasteiger partial charge in [0.15, 0.2) is 6.10 Å². The van der Waals surface area contributed by atoms with Crippen LogP contribution < -0.4 is 0 Å². The second-order valence-corrected chi connectivity index (χ2v) is 2.46. The first-order valence-corrected chi connectivity index (χ1v) is 3.81. The molecule has 0 amide bonds. The normalized spacial score (nSPS) is 14.8. The fourth-order valence-corrected chi connectivity index (χ4v) is 0.605. The molecule has 0 spiro atoms. The molecular formula is C7H13F3O2. The van der Waals surface area contributed by atoms with Gasteiger partial charge in [-0.2, -0.15) is 13.2 Å². The predicted octanol–water partition coefficient (Wildman–Crippen LogP) is 1.73. The van der Waals surface area contributed by atoms with Crippen LogP contribution in [0.5, 0.6) is 0 Å². The average molecular weight is 186 g/mol. The number of hydrogen-bond acceptors (Lipinski definition) is 2. The smallest absolute Gasteiger partial charge is 0.384 e. The van der Waals surface area contributed by atoms with Crippen molar-refractivity contribution in [2.24, 2.45) is 0 Å². The number of halogens is 3. The van der Waals surface area contributed by atoms with Gasteiger partial charge in [0.2, 0.25) is 0 Å². The Hall–Kier alpha value is -0.290. The molecule has 1 N–H and O–H groups in total. The molecule has 0 aliphatic carbocycles. The molecule has 74 valence electrons. The van der Waals surface area contributed by atoms with Crippen LogP contribution in [0, 0.1) is 0 Å². The highest BCUT2D eigenvalue weighted by molar-refractivity contribution is 4.63. The van der Waals surface area contributed by atoms with E-state index in [1.165, 1.54) is 0 Å². The van der Waals surface area contributed by atoms with Crippen LogP contribution >= 0.6 is 0 Å². The summed E-state index contributed by atoms with van der Waals surface area (Å²) in [5.41, 5.74) is 0. The molecule has 0 aliphatic heterocycles.